The van der Waals surface area contributed by atoms with Crippen molar-refractivity contribution >= 4 is 17.4 Å². The number of aromatic hydroxyl groups is 1. The number of nitrogens with one attached hydrogen (secondary N) is 2. The molecule has 0 saturated heterocycles. The molecule has 21 heavy (non-hydrogen) atoms. The van der Waals surface area contributed by atoms with Gasteiger partial charge in [0.05, 0.1) is 5.56 Å². The second kappa shape index (κ2) is 5.74. The molecule has 0 aliphatic rings. The van der Waals surface area contributed by atoms with Gasteiger partial charge in [-0.2, -0.15) is 13.2 Å². The summed E-state index contributed by atoms with van der Waals surface area (Å²) in [6, 6.07) is 9.31. The van der Waals surface area contributed by atoms with Gasteiger partial charge in [0, 0.05) is 11.4 Å². The van der Waals surface area contributed by atoms with Gasteiger partial charge < -0.3 is 15.7 Å². The van der Waals surface area contributed by atoms with Crippen molar-refractivity contribution in [1.82, 2.24) is 0 Å². The number of halogens is 3. The molecule has 2 rings (SSSR count). The highest BCUT2D eigenvalue weighted by Crippen LogP contribution is 2.30. The summed E-state index contributed by atoms with van der Waals surface area (Å²) in [4.78, 5) is 11.7. The lowest BCUT2D eigenvalue weighted by atomic mass is 10.2. The lowest BCUT2D eigenvalue weighted by molar-refractivity contribution is -0.137. The Labute approximate surface area is 118 Å². The fourth-order valence-electron chi connectivity index (χ4n) is 1.61. The van der Waals surface area contributed by atoms with Crippen LogP contribution in [0.5, 0.6) is 5.75 Å². The van der Waals surface area contributed by atoms with Crippen LogP contribution in [0.25, 0.3) is 0 Å². The van der Waals surface area contributed by atoms with Gasteiger partial charge in [0.1, 0.15) is 5.75 Å². The van der Waals surface area contributed by atoms with Crippen molar-refractivity contribution in [2.45, 2.75) is 6.18 Å². The summed E-state index contributed by atoms with van der Waals surface area (Å²) in [7, 11) is 0. The van der Waals surface area contributed by atoms with Gasteiger partial charge in [0.15, 0.2) is 0 Å². The molecule has 0 fully saturated rings. The van der Waals surface area contributed by atoms with E-state index in [1.54, 1.807) is 0 Å². The second-order valence-corrected chi connectivity index (χ2v) is 4.20. The minimum atomic E-state index is -4.47. The first-order valence-corrected chi connectivity index (χ1v) is 5.89. The Balaban J connectivity index is 2.04. The largest absolute Gasteiger partial charge is 0.508 e. The molecule has 2 aromatic carbocycles. The molecular weight excluding hydrogens is 285 g/mol. The molecule has 0 aliphatic heterocycles. The first-order chi connectivity index (χ1) is 9.84. The maximum Gasteiger partial charge on any atom is 0.416 e. The van der Waals surface area contributed by atoms with Crippen molar-refractivity contribution in [3.05, 3.63) is 54.1 Å². The molecule has 0 unspecified atom stereocenters. The number of phenolic OH excluding ortho intramolecular Hbond substituents is 1. The summed E-state index contributed by atoms with van der Waals surface area (Å²) in [5, 5.41) is 13.8. The van der Waals surface area contributed by atoms with Crippen molar-refractivity contribution in [3.63, 3.8) is 0 Å². The van der Waals surface area contributed by atoms with E-state index in [2.05, 4.69) is 10.6 Å². The summed E-state index contributed by atoms with van der Waals surface area (Å²) >= 11 is 0. The second-order valence-electron chi connectivity index (χ2n) is 4.20. The zero-order chi connectivity index (χ0) is 15.5. The average molecular weight is 296 g/mol. The van der Waals surface area contributed by atoms with Crippen LogP contribution in [-0.2, 0) is 6.18 Å². The molecule has 3 N–H and O–H groups in total. The summed E-state index contributed by atoms with van der Waals surface area (Å²) in [5.74, 6) is 0.0406. The van der Waals surface area contributed by atoms with Crippen LogP contribution in [0.15, 0.2) is 48.5 Å². The van der Waals surface area contributed by atoms with E-state index in [0.29, 0.717) is 5.69 Å². The Morgan fingerprint density at radius 2 is 1.57 bits per heavy atom. The maximum absolute atomic E-state index is 12.5. The van der Waals surface area contributed by atoms with Crippen molar-refractivity contribution in [2.75, 3.05) is 10.6 Å². The van der Waals surface area contributed by atoms with E-state index in [1.807, 2.05) is 0 Å². The minimum Gasteiger partial charge on any atom is -0.508 e. The Kier molecular flexibility index (Phi) is 4.02. The van der Waals surface area contributed by atoms with Crippen molar-refractivity contribution in [2.24, 2.45) is 0 Å². The number of anilines is 2. The average Bonchev–Trinajstić information content (AvgIpc) is 2.41. The number of hydrogen-bond donors (Lipinski definition) is 3. The number of rotatable bonds is 2. The Bertz CT molecular complexity index is 639. The van der Waals surface area contributed by atoms with Crippen LogP contribution in [0.3, 0.4) is 0 Å². The predicted molar refractivity (Wildman–Crippen MR) is 72.2 cm³/mol. The summed E-state index contributed by atoms with van der Waals surface area (Å²) < 4.78 is 37.6. The highest BCUT2D eigenvalue weighted by Gasteiger charge is 2.30. The van der Waals surface area contributed by atoms with Crippen LogP contribution in [0, 0.1) is 0 Å². The van der Waals surface area contributed by atoms with E-state index in [4.69, 9.17) is 5.11 Å². The Hall–Kier alpha value is -2.70. The molecule has 2 aromatic rings. The molecule has 110 valence electrons. The zero-order valence-corrected chi connectivity index (χ0v) is 10.6. The van der Waals surface area contributed by atoms with Crippen LogP contribution < -0.4 is 10.6 Å². The molecule has 0 radical (unpaired) electrons. The fourth-order valence-corrected chi connectivity index (χ4v) is 1.61. The van der Waals surface area contributed by atoms with Gasteiger partial charge in [0.25, 0.3) is 0 Å². The van der Waals surface area contributed by atoms with Crippen LogP contribution in [-0.4, -0.2) is 11.1 Å². The van der Waals surface area contributed by atoms with E-state index < -0.39 is 17.8 Å². The zero-order valence-electron chi connectivity index (χ0n) is 10.6. The van der Waals surface area contributed by atoms with Gasteiger partial charge in [-0.3, -0.25) is 0 Å². The fraction of sp³-hybridized carbons (Fsp3) is 0.0714. The smallest absolute Gasteiger partial charge is 0.416 e. The van der Waals surface area contributed by atoms with Crippen LogP contribution >= 0.6 is 0 Å². The molecule has 2 amide bonds. The summed E-state index contributed by atoms with van der Waals surface area (Å²) in [5.41, 5.74) is -0.414. The van der Waals surface area contributed by atoms with E-state index in [9.17, 15) is 18.0 Å². The Morgan fingerprint density at radius 1 is 0.952 bits per heavy atom. The lowest BCUT2D eigenvalue weighted by Crippen LogP contribution is -2.19. The lowest BCUT2D eigenvalue weighted by Gasteiger charge is -2.10. The van der Waals surface area contributed by atoms with Gasteiger partial charge in [-0.05, 0) is 42.5 Å². The Morgan fingerprint density at radius 3 is 2.19 bits per heavy atom. The van der Waals surface area contributed by atoms with Gasteiger partial charge in [-0.15, -0.1) is 0 Å². The van der Waals surface area contributed by atoms with E-state index in [1.165, 1.54) is 36.4 Å². The first kappa shape index (κ1) is 14.7. The number of urea groups is 1. The van der Waals surface area contributed by atoms with Crippen LogP contribution in [0.2, 0.25) is 0 Å². The maximum atomic E-state index is 12.5. The molecule has 0 heterocycles. The standard InChI is InChI=1S/C14H11F3N2O2/c15-14(16,17)9-2-1-3-11(8-9)19-13(21)18-10-4-6-12(20)7-5-10/h1-8,20H,(H2,18,19,21). The molecule has 0 aromatic heterocycles. The van der Waals surface area contributed by atoms with Gasteiger partial charge in [-0.25, -0.2) is 4.79 Å². The normalized spacial score (nSPS) is 11.0. The quantitative estimate of drug-likeness (QED) is 0.732. The van der Waals surface area contributed by atoms with E-state index >= 15 is 0 Å². The molecule has 0 spiro atoms. The number of carbonyl (C=O) groups is 1. The van der Waals surface area contributed by atoms with Crippen molar-refractivity contribution < 1.29 is 23.1 Å². The number of phenols is 1. The third-order valence-electron chi connectivity index (χ3n) is 2.57. The molecular formula is C14H11F3N2O2. The molecule has 0 bridgehead atoms. The van der Waals surface area contributed by atoms with E-state index in [0.717, 1.165) is 12.1 Å². The van der Waals surface area contributed by atoms with Crippen LogP contribution in [0.4, 0.5) is 29.3 Å². The predicted octanol–water partition coefficient (Wildman–Crippen LogP) is 4.06. The molecule has 0 aliphatic carbocycles. The molecule has 0 atom stereocenters. The molecule has 4 nitrogen and oxygen atoms in total. The third kappa shape index (κ3) is 4.13. The minimum absolute atomic E-state index is 0.0288. The van der Waals surface area contributed by atoms with Gasteiger partial charge >= 0.3 is 12.2 Å². The number of benzene rings is 2. The van der Waals surface area contributed by atoms with Crippen molar-refractivity contribution in [3.8, 4) is 5.75 Å². The van der Waals surface area contributed by atoms with Gasteiger partial charge in [0.2, 0.25) is 0 Å². The van der Waals surface area contributed by atoms with Crippen LogP contribution in [0.1, 0.15) is 5.56 Å². The summed E-state index contributed by atoms with van der Waals surface area (Å²) in [6.07, 6.45) is -4.47. The number of alkyl halides is 3. The highest BCUT2D eigenvalue weighted by molar-refractivity contribution is 5.99. The third-order valence-corrected chi connectivity index (χ3v) is 2.57. The number of amides is 2. The highest BCUT2D eigenvalue weighted by atomic mass is 19.4. The van der Waals surface area contributed by atoms with Crippen molar-refractivity contribution in [1.29, 1.82) is 0 Å². The summed E-state index contributed by atoms with van der Waals surface area (Å²) in [6.45, 7) is 0. The monoisotopic (exact) mass is 296 g/mol. The first-order valence-electron chi connectivity index (χ1n) is 5.89. The topological polar surface area (TPSA) is 61.4 Å². The van der Waals surface area contributed by atoms with Gasteiger partial charge in [-0.1, -0.05) is 6.07 Å². The SMILES string of the molecule is O=C(Nc1ccc(O)cc1)Nc1cccc(C(F)(F)F)c1. The molecule has 7 heteroatoms. The van der Waals surface area contributed by atoms with E-state index in [-0.39, 0.29) is 11.4 Å². The number of hydrogen-bond acceptors (Lipinski definition) is 2. The molecule has 0 saturated carbocycles. The number of carbonyl (C=O) groups excluding carboxylic acids is 1.